The first-order valence-corrected chi connectivity index (χ1v) is 15.8. The van der Waals surface area contributed by atoms with E-state index in [1.807, 2.05) is 17.4 Å². The van der Waals surface area contributed by atoms with Crippen LogP contribution >= 0.6 is 11.3 Å². The zero-order chi connectivity index (χ0) is 30.0. The Hall–Kier alpha value is -5.18. The molecule has 8 rings (SSSR count). The van der Waals surface area contributed by atoms with Crippen LogP contribution in [0.1, 0.15) is 23.6 Å². The molecule has 0 aliphatic heterocycles. The molecule has 0 aliphatic carbocycles. The van der Waals surface area contributed by atoms with Crippen molar-refractivity contribution in [3.63, 3.8) is 0 Å². The highest BCUT2D eigenvalue weighted by Gasteiger charge is 2.11. The molecule has 0 unspecified atom stereocenters. The molecule has 7 aromatic carbocycles. The van der Waals surface area contributed by atoms with Gasteiger partial charge in [-0.15, -0.1) is 11.3 Å². The van der Waals surface area contributed by atoms with Gasteiger partial charge in [-0.25, -0.2) is 0 Å². The fraction of sp³-hybridized carbons (Fsp3) is 0.0476. The number of hydrogen-bond donors (Lipinski definition) is 1. The monoisotopic (exact) mass is 583 g/mol. The van der Waals surface area contributed by atoms with Crippen LogP contribution in [0.5, 0.6) is 0 Å². The molecule has 0 saturated heterocycles. The minimum Gasteiger partial charge on any atom is -0.355 e. The third kappa shape index (κ3) is 5.04. The lowest BCUT2D eigenvalue weighted by Gasteiger charge is -2.15. The van der Waals surface area contributed by atoms with E-state index in [0.717, 1.165) is 11.4 Å². The number of rotatable bonds is 4. The number of aryl methyl sites for hydroxylation is 1. The zero-order valence-corrected chi connectivity index (χ0v) is 25.8. The van der Waals surface area contributed by atoms with Crippen molar-refractivity contribution in [1.82, 2.24) is 0 Å². The molecule has 0 atom stereocenters. The topological polar surface area (TPSA) is 12.0 Å². The van der Waals surface area contributed by atoms with Gasteiger partial charge in [-0.2, -0.15) is 0 Å². The van der Waals surface area contributed by atoms with E-state index >= 15 is 0 Å². The Morgan fingerprint density at radius 2 is 1.23 bits per heavy atom. The van der Waals surface area contributed by atoms with Crippen LogP contribution in [0.15, 0.2) is 140 Å². The van der Waals surface area contributed by atoms with E-state index in [9.17, 15) is 0 Å². The Morgan fingerprint density at radius 1 is 0.568 bits per heavy atom. The molecule has 0 spiro atoms. The zero-order valence-electron chi connectivity index (χ0n) is 25.0. The van der Waals surface area contributed by atoms with Crippen molar-refractivity contribution in [3.8, 4) is 0 Å². The number of hydrogen-bond acceptors (Lipinski definition) is 2. The van der Waals surface area contributed by atoms with E-state index in [0.29, 0.717) is 0 Å². The summed E-state index contributed by atoms with van der Waals surface area (Å²) in [6, 6.07) is 45.3. The lowest BCUT2D eigenvalue weighted by atomic mass is 9.91. The van der Waals surface area contributed by atoms with Crippen LogP contribution < -0.4 is 5.32 Å². The quantitative estimate of drug-likeness (QED) is 0.203. The highest BCUT2D eigenvalue weighted by Crippen LogP contribution is 2.37. The fourth-order valence-electron chi connectivity index (χ4n) is 6.27. The third-order valence-corrected chi connectivity index (χ3v) is 9.43. The highest BCUT2D eigenvalue weighted by atomic mass is 32.1. The Morgan fingerprint density at radius 3 is 2.05 bits per heavy atom. The van der Waals surface area contributed by atoms with Gasteiger partial charge in [-0.1, -0.05) is 116 Å². The van der Waals surface area contributed by atoms with Gasteiger partial charge in [-0.3, -0.25) is 0 Å². The summed E-state index contributed by atoms with van der Waals surface area (Å²) in [5.74, 6) is 0. The molecule has 0 radical (unpaired) electrons. The number of anilines is 2. The fourth-order valence-corrected chi connectivity index (χ4v) is 7.46. The van der Waals surface area contributed by atoms with Gasteiger partial charge in [0, 0.05) is 31.5 Å². The molecule has 0 saturated carbocycles. The van der Waals surface area contributed by atoms with Gasteiger partial charge in [0.15, 0.2) is 0 Å². The Kier molecular flexibility index (Phi) is 7.43. The summed E-state index contributed by atoms with van der Waals surface area (Å²) in [5.41, 5.74) is 5.93. The number of benzene rings is 7. The van der Waals surface area contributed by atoms with E-state index in [1.165, 1.54) is 69.2 Å². The molecule has 1 heterocycles. The first kappa shape index (κ1) is 27.6. The van der Waals surface area contributed by atoms with Crippen LogP contribution in [-0.2, 0) is 0 Å². The molecule has 212 valence electrons. The predicted molar refractivity (Wildman–Crippen MR) is 198 cm³/mol. The summed E-state index contributed by atoms with van der Waals surface area (Å²) in [6.07, 6.45) is 6.26. The Bertz CT molecular complexity index is 2360. The largest absolute Gasteiger partial charge is 0.355 e. The minimum atomic E-state index is 1.08. The maximum atomic E-state index is 4.10. The van der Waals surface area contributed by atoms with Gasteiger partial charge in [0.1, 0.15) is 0 Å². The second-order valence-electron chi connectivity index (χ2n) is 11.1. The minimum absolute atomic E-state index is 1.08. The van der Waals surface area contributed by atoms with Crippen LogP contribution in [0.25, 0.3) is 64.6 Å². The second-order valence-corrected chi connectivity index (χ2v) is 12.2. The van der Waals surface area contributed by atoms with E-state index in [1.54, 1.807) is 0 Å². The second kappa shape index (κ2) is 11.8. The molecule has 2 heteroatoms. The summed E-state index contributed by atoms with van der Waals surface area (Å²) in [5, 5.41) is 13.9. The first-order valence-electron chi connectivity index (χ1n) is 15.0. The molecule has 1 nitrogen and oxygen atoms in total. The van der Waals surface area contributed by atoms with E-state index < -0.39 is 0 Å². The maximum absolute atomic E-state index is 4.10. The van der Waals surface area contributed by atoms with Gasteiger partial charge in [0.05, 0.1) is 0 Å². The number of fused-ring (bicyclic) bond motifs is 7. The molecule has 0 bridgehead atoms. The lowest BCUT2D eigenvalue weighted by molar-refractivity contribution is 1.55. The molecule has 1 N–H and O–H groups in total. The number of nitrogens with one attached hydrogen (secondary N) is 1. The number of thiophene rings is 1. The van der Waals surface area contributed by atoms with Crippen molar-refractivity contribution in [1.29, 1.82) is 0 Å². The predicted octanol–water partition coefficient (Wildman–Crippen LogP) is 12.9. The van der Waals surface area contributed by atoms with Crippen molar-refractivity contribution < 1.29 is 0 Å². The van der Waals surface area contributed by atoms with Crippen molar-refractivity contribution >= 4 is 87.4 Å². The maximum Gasteiger partial charge on any atom is 0.0390 e. The Labute approximate surface area is 262 Å². The average molecular weight is 584 g/mol. The van der Waals surface area contributed by atoms with E-state index in [4.69, 9.17) is 0 Å². The summed E-state index contributed by atoms with van der Waals surface area (Å²) in [6.45, 7) is 8.34. The molecule has 44 heavy (non-hydrogen) atoms. The molecular formula is C42H33NS. The summed E-state index contributed by atoms with van der Waals surface area (Å²) in [4.78, 5) is 0. The van der Waals surface area contributed by atoms with Gasteiger partial charge in [-0.05, 0) is 99.3 Å². The van der Waals surface area contributed by atoms with Crippen LogP contribution in [0, 0.1) is 6.92 Å². The Balaban J connectivity index is 0.000000185. The van der Waals surface area contributed by atoms with Gasteiger partial charge in [0.25, 0.3) is 0 Å². The van der Waals surface area contributed by atoms with Crippen LogP contribution in [0.3, 0.4) is 0 Å². The van der Waals surface area contributed by atoms with Crippen molar-refractivity contribution in [2.24, 2.45) is 0 Å². The molecular weight excluding hydrogens is 551 g/mol. The highest BCUT2D eigenvalue weighted by molar-refractivity contribution is 7.25. The van der Waals surface area contributed by atoms with Crippen molar-refractivity contribution in [3.05, 3.63) is 157 Å². The normalized spacial score (nSPS) is 11.4. The van der Waals surface area contributed by atoms with Crippen LogP contribution in [0.2, 0.25) is 0 Å². The van der Waals surface area contributed by atoms with Gasteiger partial charge >= 0.3 is 0 Å². The van der Waals surface area contributed by atoms with E-state index in [2.05, 4.69) is 165 Å². The third-order valence-electron chi connectivity index (χ3n) is 8.29. The smallest absolute Gasteiger partial charge is 0.0390 e. The molecule has 8 aromatic rings. The van der Waals surface area contributed by atoms with Crippen molar-refractivity contribution in [2.75, 3.05) is 5.32 Å². The SMILES string of the molecule is C=Cc1c(/C=C\C)c2cc(Nc3ccc4ccccc4c3)ccc2c2ccccc12.Cc1cccc2sc3ccccc3c12. The lowest BCUT2D eigenvalue weighted by Crippen LogP contribution is -1.93. The van der Waals surface area contributed by atoms with Crippen LogP contribution in [0.4, 0.5) is 11.4 Å². The summed E-state index contributed by atoms with van der Waals surface area (Å²) >= 11 is 1.88. The van der Waals surface area contributed by atoms with Crippen molar-refractivity contribution in [2.45, 2.75) is 13.8 Å². The molecule has 0 aliphatic rings. The average Bonchev–Trinajstić information content (AvgIpc) is 3.45. The molecule has 0 amide bonds. The summed E-state index contributed by atoms with van der Waals surface area (Å²) in [7, 11) is 0. The van der Waals surface area contributed by atoms with Gasteiger partial charge in [0.2, 0.25) is 0 Å². The standard InChI is InChI=1S/C29H23N.C13H10S/c1-3-9-25-24(4-2)26-12-7-8-13-27(26)28-17-16-23(19-29(25)28)30-22-15-14-20-10-5-6-11-21(20)18-22;1-9-5-4-8-12-13(9)10-6-2-3-7-11(10)14-12/h3-19,30H,2H2,1H3;2-8H,1H3/b9-3-;. The van der Waals surface area contributed by atoms with Gasteiger partial charge < -0.3 is 5.32 Å². The first-order chi connectivity index (χ1) is 21.6. The summed E-state index contributed by atoms with van der Waals surface area (Å²) < 4.78 is 2.78. The van der Waals surface area contributed by atoms with Crippen LogP contribution in [-0.4, -0.2) is 0 Å². The van der Waals surface area contributed by atoms with E-state index in [-0.39, 0.29) is 0 Å². The number of allylic oxidation sites excluding steroid dienone is 1. The molecule has 1 aromatic heterocycles. The molecule has 0 fully saturated rings.